The molecule has 10 heteroatoms. The van der Waals surface area contributed by atoms with Gasteiger partial charge in [0, 0.05) is 23.8 Å². The van der Waals surface area contributed by atoms with Gasteiger partial charge in [-0.05, 0) is 26.2 Å². The molecule has 1 unspecified atom stereocenters. The number of aromatic nitrogens is 3. The zero-order chi connectivity index (χ0) is 19.7. The lowest BCUT2D eigenvalue weighted by atomic mass is 10.3. The standard InChI is InChI=1S/C14H16N4S.C2HF3O2/c1-4-10(2)17-14-15-7-12(8-16-14)5-6-13-9-19-11(3)18-13;3-2(4,5)1(6)7/h7-10H,4H2,1-3H3,(H,15,16,17);(H,6,7). The Morgan fingerprint density at radius 1 is 1.35 bits per heavy atom. The van der Waals surface area contributed by atoms with Crippen molar-refractivity contribution >= 4 is 23.3 Å². The molecule has 0 amide bonds. The highest BCUT2D eigenvalue weighted by atomic mass is 32.1. The summed E-state index contributed by atoms with van der Waals surface area (Å²) in [5, 5.41) is 13.3. The molecule has 6 nitrogen and oxygen atoms in total. The maximum Gasteiger partial charge on any atom is 0.490 e. The number of carboxylic acids is 1. The van der Waals surface area contributed by atoms with Crippen LogP contribution in [0.1, 0.15) is 36.5 Å². The third-order valence-electron chi connectivity index (χ3n) is 2.84. The van der Waals surface area contributed by atoms with Crippen LogP contribution in [0.25, 0.3) is 0 Å². The first-order valence-corrected chi connectivity index (χ1v) is 8.32. The molecule has 0 saturated carbocycles. The lowest BCUT2D eigenvalue weighted by molar-refractivity contribution is -0.192. The minimum atomic E-state index is -5.08. The molecule has 2 heterocycles. The quantitative estimate of drug-likeness (QED) is 0.786. The molecule has 2 aromatic rings. The Balaban J connectivity index is 0.000000412. The number of aryl methyl sites for hydroxylation is 1. The molecule has 0 saturated heterocycles. The third kappa shape index (κ3) is 7.94. The molecular weight excluding hydrogens is 369 g/mol. The minimum Gasteiger partial charge on any atom is -0.475 e. The van der Waals surface area contributed by atoms with Crippen LogP contribution in [0.15, 0.2) is 17.8 Å². The predicted molar refractivity (Wildman–Crippen MR) is 91.9 cm³/mol. The van der Waals surface area contributed by atoms with Crippen molar-refractivity contribution in [1.82, 2.24) is 15.0 Å². The van der Waals surface area contributed by atoms with Crippen LogP contribution in [0.4, 0.5) is 19.1 Å². The van der Waals surface area contributed by atoms with Gasteiger partial charge in [-0.15, -0.1) is 11.3 Å². The first-order valence-electron chi connectivity index (χ1n) is 7.44. The minimum absolute atomic E-state index is 0.370. The van der Waals surface area contributed by atoms with E-state index in [0.717, 1.165) is 22.7 Å². The normalized spacial score (nSPS) is 11.5. The van der Waals surface area contributed by atoms with Gasteiger partial charge in [0.05, 0.1) is 10.6 Å². The second-order valence-corrected chi connectivity index (χ2v) is 6.12. The summed E-state index contributed by atoms with van der Waals surface area (Å²) in [6.07, 6.45) is -0.595. The second kappa shape index (κ2) is 9.72. The number of carbonyl (C=O) groups is 1. The Labute approximate surface area is 152 Å². The molecule has 26 heavy (non-hydrogen) atoms. The van der Waals surface area contributed by atoms with Gasteiger partial charge in [-0.1, -0.05) is 12.8 Å². The Morgan fingerprint density at radius 2 is 1.92 bits per heavy atom. The number of hydrogen-bond acceptors (Lipinski definition) is 6. The molecule has 0 spiro atoms. The van der Waals surface area contributed by atoms with Gasteiger partial charge < -0.3 is 10.4 Å². The highest BCUT2D eigenvalue weighted by Crippen LogP contribution is 2.13. The zero-order valence-corrected chi connectivity index (χ0v) is 15.1. The average Bonchev–Trinajstić information content (AvgIpc) is 2.99. The predicted octanol–water partition coefficient (Wildman–Crippen LogP) is 3.49. The largest absolute Gasteiger partial charge is 0.490 e. The first-order chi connectivity index (χ1) is 12.1. The topological polar surface area (TPSA) is 88.0 Å². The van der Waals surface area contributed by atoms with E-state index in [0.29, 0.717) is 12.0 Å². The van der Waals surface area contributed by atoms with Crippen LogP contribution < -0.4 is 5.32 Å². The Kier molecular flexibility index (Phi) is 7.99. The van der Waals surface area contributed by atoms with Crippen molar-refractivity contribution in [3.63, 3.8) is 0 Å². The Hall–Kier alpha value is -2.67. The molecule has 0 aliphatic heterocycles. The van der Waals surface area contributed by atoms with Crippen LogP contribution in [-0.4, -0.2) is 38.2 Å². The number of nitrogens with zero attached hydrogens (tertiary/aromatic N) is 3. The average molecular weight is 386 g/mol. The van der Waals surface area contributed by atoms with Crippen molar-refractivity contribution in [3.8, 4) is 11.8 Å². The molecule has 0 radical (unpaired) electrons. The van der Waals surface area contributed by atoms with Crippen molar-refractivity contribution < 1.29 is 23.1 Å². The lowest BCUT2D eigenvalue weighted by Gasteiger charge is -2.10. The van der Waals surface area contributed by atoms with Crippen molar-refractivity contribution in [2.45, 2.75) is 39.4 Å². The van der Waals surface area contributed by atoms with Crippen LogP contribution in [0, 0.1) is 18.8 Å². The molecule has 1 atom stereocenters. The summed E-state index contributed by atoms with van der Waals surface area (Å²) < 4.78 is 31.7. The summed E-state index contributed by atoms with van der Waals surface area (Å²) in [6, 6.07) is 0.370. The zero-order valence-electron chi connectivity index (χ0n) is 14.3. The first kappa shape index (κ1) is 21.4. The molecular formula is C16H17F3N4O2S. The number of carboxylic acid groups (broad SMARTS) is 1. The summed E-state index contributed by atoms with van der Waals surface area (Å²) in [6.45, 7) is 6.18. The molecule has 0 fully saturated rings. The molecule has 0 bridgehead atoms. The van der Waals surface area contributed by atoms with Crippen LogP contribution in [-0.2, 0) is 4.79 Å². The van der Waals surface area contributed by atoms with Crippen molar-refractivity contribution in [3.05, 3.63) is 34.0 Å². The van der Waals surface area contributed by atoms with Gasteiger partial charge in [-0.25, -0.2) is 19.7 Å². The van der Waals surface area contributed by atoms with Gasteiger partial charge in [-0.3, -0.25) is 0 Å². The smallest absolute Gasteiger partial charge is 0.475 e. The van der Waals surface area contributed by atoms with E-state index >= 15 is 0 Å². The van der Waals surface area contributed by atoms with E-state index in [4.69, 9.17) is 9.90 Å². The van der Waals surface area contributed by atoms with Crippen molar-refractivity contribution in [2.24, 2.45) is 0 Å². The molecule has 0 aliphatic rings. The van der Waals surface area contributed by atoms with Crippen LogP contribution in [0.5, 0.6) is 0 Å². The number of anilines is 1. The molecule has 140 valence electrons. The highest BCUT2D eigenvalue weighted by Gasteiger charge is 2.38. The van der Waals surface area contributed by atoms with E-state index in [1.54, 1.807) is 23.7 Å². The van der Waals surface area contributed by atoms with Gasteiger partial charge in [0.1, 0.15) is 5.69 Å². The highest BCUT2D eigenvalue weighted by molar-refractivity contribution is 7.09. The number of thiazole rings is 1. The maximum atomic E-state index is 10.6. The van der Waals surface area contributed by atoms with E-state index in [2.05, 4.69) is 46.0 Å². The van der Waals surface area contributed by atoms with E-state index in [1.807, 2.05) is 12.3 Å². The van der Waals surface area contributed by atoms with E-state index in [9.17, 15) is 13.2 Å². The fourth-order valence-electron chi connectivity index (χ4n) is 1.35. The third-order valence-corrected chi connectivity index (χ3v) is 3.61. The SMILES string of the molecule is CCC(C)Nc1ncc(C#Cc2csc(C)n2)cn1.O=C(O)C(F)(F)F. The second-order valence-electron chi connectivity index (χ2n) is 5.05. The molecule has 0 aliphatic carbocycles. The number of rotatable bonds is 3. The summed E-state index contributed by atoms with van der Waals surface area (Å²) in [4.78, 5) is 21.7. The van der Waals surface area contributed by atoms with E-state index in [1.165, 1.54) is 0 Å². The van der Waals surface area contributed by atoms with Crippen LogP contribution >= 0.6 is 11.3 Å². The van der Waals surface area contributed by atoms with E-state index in [-0.39, 0.29) is 0 Å². The monoisotopic (exact) mass is 386 g/mol. The van der Waals surface area contributed by atoms with Gasteiger partial charge in [0.15, 0.2) is 0 Å². The molecule has 0 aromatic carbocycles. The van der Waals surface area contributed by atoms with Gasteiger partial charge in [0.25, 0.3) is 0 Å². The molecule has 2 N–H and O–H groups in total. The summed E-state index contributed by atoms with van der Waals surface area (Å²) >= 11 is 1.60. The number of halogens is 3. The van der Waals surface area contributed by atoms with Crippen molar-refractivity contribution in [1.29, 1.82) is 0 Å². The molecule has 2 rings (SSSR count). The molecule has 2 aromatic heterocycles. The van der Waals surface area contributed by atoms with Crippen molar-refractivity contribution in [2.75, 3.05) is 5.32 Å². The number of alkyl halides is 3. The maximum absolute atomic E-state index is 10.6. The fraction of sp³-hybridized carbons (Fsp3) is 0.375. The summed E-state index contributed by atoms with van der Waals surface area (Å²) in [7, 11) is 0. The summed E-state index contributed by atoms with van der Waals surface area (Å²) in [5.74, 6) is 3.90. The number of aliphatic carboxylic acids is 1. The van der Waals surface area contributed by atoms with Gasteiger partial charge in [-0.2, -0.15) is 13.2 Å². The van der Waals surface area contributed by atoms with Crippen LogP contribution in [0.3, 0.4) is 0 Å². The fourth-order valence-corrected chi connectivity index (χ4v) is 1.89. The van der Waals surface area contributed by atoms with E-state index < -0.39 is 12.1 Å². The van der Waals surface area contributed by atoms with Gasteiger partial charge >= 0.3 is 12.1 Å². The lowest BCUT2D eigenvalue weighted by Crippen LogP contribution is -2.21. The number of nitrogens with one attached hydrogen (secondary N) is 1. The Bertz CT molecular complexity index is 779. The van der Waals surface area contributed by atoms with Gasteiger partial charge in [0.2, 0.25) is 5.95 Å². The van der Waals surface area contributed by atoms with Crippen LogP contribution in [0.2, 0.25) is 0 Å². The Morgan fingerprint density at radius 3 is 2.35 bits per heavy atom. The number of hydrogen-bond donors (Lipinski definition) is 2. The summed E-state index contributed by atoms with van der Waals surface area (Å²) in [5.41, 5.74) is 1.59.